The van der Waals surface area contributed by atoms with E-state index in [0.717, 1.165) is 62.5 Å². The second-order valence-electron chi connectivity index (χ2n) is 9.30. The summed E-state index contributed by atoms with van der Waals surface area (Å²) in [6, 6.07) is 14.5. The zero-order chi connectivity index (χ0) is 25.6. The van der Waals surface area contributed by atoms with Crippen molar-refractivity contribution in [3.8, 4) is 0 Å². The maximum absolute atomic E-state index is 12.7. The van der Waals surface area contributed by atoms with Crippen LogP contribution in [-0.4, -0.2) is 84.2 Å². The van der Waals surface area contributed by atoms with Gasteiger partial charge in [0.15, 0.2) is 9.84 Å². The number of anilines is 1. The minimum absolute atomic E-state index is 0.255. The Bertz CT molecular complexity index is 1180. The summed E-state index contributed by atoms with van der Waals surface area (Å²) in [6.45, 7) is 5.13. The van der Waals surface area contributed by atoms with Gasteiger partial charge in [-0.15, -0.1) is 0 Å². The molecule has 8 nitrogen and oxygen atoms in total. The number of unbranched alkanes of at least 4 members (excludes halogenated alkanes) is 2. The van der Waals surface area contributed by atoms with Gasteiger partial charge in [0, 0.05) is 52.2 Å². The summed E-state index contributed by atoms with van der Waals surface area (Å²) in [7, 11) is -5.01. The van der Waals surface area contributed by atoms with E-state index in [2.05, 4.69) is 34.1 Å². The number of hydrogen-bond donors (Lipinski definition) is 1. The summed E-state index contributed by atoms with van der Waals surface area (Å²) >= 11 is 0. The summed E-state index contributed by atoms with van der Waals surface area (Å²) in [4.78, 5) is 4.33. The van der Waals surface area contributed by atoms with Gasteiger partial charge in [0.1, 0.15) is 4.90 Å². The highest BCUT2D eigenvalue weighted by atomic mass is 32.2. The maximum Gasteiger partial charge on any atom is 0.243 e. The highest BCUT2D eigenvalue weighted by Gasteiger charge is 2.27. The Morgan fingerprint density at radius 3 is 2.14 bits per heavy atom. The molecule has 0 radical (unpaired) electrons. The van der Waals surface area contributed by atoms with Crippen LogP contribution in [0.25, 0.3) is 0 Å². The van der Waals surface area contributed by atoms with Crippen LogP contribution in [0.3, 0.4) is 0 Å². The van der Waals surface area contributed by atoms with E-state index in [4.69, 9.17) is 0 Å². The minimum atomic E-state index is -3.98. The van der Waals surface area contributed by atoms with Crippen molar-refractivity contribution in [2.45, 2.75) is 41.6 Å². The Balaban J connectivity index is 1.48. The molecule has 3 rings (SSSR count). The largest absolute Gasteiger partial charge is 0.388 e. The van der Waals surface area contributed by atoms with E-state index < -0.39 is 26.0 Å². The van der Waals surface area contributed by atoms with Crippen LogP contribution in [0.15, 0.2) is 58.3 Å². The summed E-state index contributed by atoms with van der Waals surface area (Å²) in [6.07, 6.45) is 3.41. The van der Waals surface area contributed by atoms with Crippen molar-refractivity contribution < 1.29 is 21.9 Å². The second-order valence-corrected chi connectivity index (χ2v) is 13.4. The Labute approximate surface area is 210 Å². The lowest BCUT2D eigenvalue weighted by Crippen LogP contribution is -2.46. The fraction of sp³-hybridized carbons (Fsp3) is 0.520. The van der Waals surface area contributed by atoms with Crippen molar-refractivity contribution in [3.05, 3.63) is 54.1 Å². The number of para-hydroxylation sites is 1. The first-order chi connectivity index (χ1) is 16.5. The molecule has 1 saturated heterocycles. The van der Waals surface area contributed by atoms with Gasteiger partial charge in [-0.2, -0.15) is 0 Å². The van der Waals surface area contributed by atoms with E-state index in [9.17, 15) is 21.9 Å². The van der Waals surface area contributed by atoms with Gasteiger partial charge in [-0.1, -0.05) is 37.1 Å². The molecule has 0 saturated carbocycles. The minimum Gasteiger partial charge on any atom is -0.388 e. The zero-order valence-electron chi connectivity index (χ0n) is 20.8. The van der Waals surface area contributed by atoms with Crippen LogP contribution >= 0.6 is 0 Å². The molecule has 1 aliphatic rings. The number of rotatable bonds is 11. The monoisotopic (exact) mass is 523 g/mol. The lowest BCUT2D eigenvalue weighted by atomic mass is 10.0. The summed E-state index contributed by atoms with van der Waals surface area (Å²) < 4.78 is 50.6. The van der Waals surface area contributed by atoms with Crippen molar-refractivity contribution in [2.75, 3.05) is 58.0 Å². The Morgan fingerprint density at radius 2 is 1.54 bits per heavy atom. The number of aliphatic hydroxyl groups excluding tert-OH is 1. The smallest absolute Gasteiger partial charge is 0.243 e. The molecule has 1 N–H and O–H groups in total. The fourth-order valence-corrected chi connectivity index (χ4v) is 6.83. The van der Waals surface area contributed by atoms with Crippen LogP contribution in [0.5, 0.6) is 0 Å². The summed E-state index contributed by atoms with van der Waals surface area (Å²) in [5.41, 5.74) is 1.68. The third kappa shape index (κ3) is 7.27. The first-order valence-electron chi connectivity index (χ1n) is 12.0. The van der Waals surface area contributed by atoms with Gasteiger partial charge >= 0.3 is 0 Å². The molecule has 0 bridgehead atoms. The second kappa shape index (κ2) is 11.8. The molecule has 1 atom stereocenters. The quantitative estimate of drug-likeness (QED) is 0.452. The van der Waals surface area contributed by atoms with Crippen molar-refractivity contribution in [1.29, 1.82) is 0 Å². The molecule has 10 heteroatoms. The van der Waals surface area contributed by atoms with Crippen LogP contribution in [0.1, 0.15) is 37.4 Å². The third-order valence-electron chi connectivity index (χ3n) is 6.46. The van der Waals surface area contributed by atoms with Gasteiger partial charge in [-0.25, -0.2) is 21.1 Å². The molecule has 1 heterocycles. The van der Waals surface area contributed by atoms with Gasteiger partial charge in [-0.05, 0) is 49.2 Å². The molecule has 0 spiro atoms. The molecule has 35 heavy (non-hydrogen) atoms. The number of benzene rings is 2. The molecule has 1 aliphatic heterocycles. The van der Waals surface area contributed by atoms with Gasteiger partial charge in [-0.3, -0.25) is 4.90 Å². The molecule has 2 aromatic rings. The third-order valence-corrected chi connectivity index (χ3v) is 9.60. The van der Waals surface area contributed by atoms with E-state index in [1.165, 1.54) is 38.0 Å². The standard InChI is InChI=1S/C25H37N3O5S2/c1-26(2)35(32,33)25-20-21(13-14-24(25)34(3,30)31)23(29)12-8-5-9-15-27-16-18-28(19-17-27)22-10-6-4-7-11-22/h4,6-7,10-11,13-14,20,23,29H,5,8-9,12,15-19H2,1-3H3. The average Bonchev–Trinajstić information content (AvgIpc) is 2.83. The molecule has 0 amide bonds. The van der Waals surface area contributed by atoms with E-state index >= 15 is 0 Å². The van der Waals surface area contributed by atoms with Crippen molar-refractivity contribution in [1.82, 2.24) is 9.21 Å². The molecular weight excluding hydrogens is 486 g/mol. The lowest BCUT2D eigenvalue weighted by Gasteiger charge is -2.36. The van der Waals surface area contributed by atoms with Gasteiger partial charge in [0.05, 0.1) is 11.0 Å². The van der Waals surface area contributed by atoms with Gasteiger partial charge in [0.25, 0.3) is 0 Å². The van der Waals surface area contributed by atoms with Crippen LogP contribution in [0, 0.1) is 0 Å². The van der Waals surface area contributed by atoms with Crippen LogP contribution in [0.2, 0.25) is 0 Å². The molecule has 1 fully saturated rings. The highest BCUT2D eigenvalue weighted by molar-refractivity contribution is 7.93. The van der Waals surface area contributed by atoms with Gasteiger partial charge in [0.2, 0.25) is 10.0 Å². The molecule has 194 valence electrons. The van der Waals surface area contributed by atoms with Crippen molar-refractivity contribution in [3.63, 3.8) is 0 Å². The lowest BCUT2D eigenvalue weighted by molar-refractivity contribution is 0.162. The first-order valence-corrected chi connectivity index (χ1v) is 15.3. The van der Waals surface area contributed by atoms with Crippen LogP contribution in [-0.2, 0) is 19.9 Å². The predicted molar refractivity (Wildman–Crippen MR) is 139 cm³/mol. The average molecular weight is 524 g/mol. The SMILES string of the molecule is CN(C)S(=O)(=O)c1cc(C(O)CCCCCN2CCN(c3ccccc3)CC2)ccc1S(C)(=O)=O. The number of sulfonamides is 1. The van der Waals surface area contributed by atoms with Crippen molar-refractivity contribution >= 4 is 25.5 Å². The normalized spacial score (nSPS) is 16.5. The Morgan fingerprint density at radius 1 is 0.886 bits per heavy atom. The van der Waals surface area contributed by atoms with E-state index in [1.54, 1.807) is 0 Å². The highest BCUT2D eigenvalue weighted by Crippen LogP contribution is 2.29. The van der Waals surface area contributed by atoms with Crippen LogP contribution < -0.4 is 4.90 Å². The first kappa shape index (κ1) is 27.6. The Hall–Kier alpha value is -1.98. The molecule has 2 aromatic carbocycles. The van der Waals surface area contributed by atoms with Crippen LogP contribution in [0.4, 0.5) is 5.69 Å². The number of aliphatic hydroxyl groups is 1. The fourth-order valence-electron chi connectivity index (χ4n) is 4.32. The Kier molecular flexibility index (Phi) is 9.34. The zero-order valence-corrected chi connectivity index (χ0v) is 22.4. The van der Waals surface area contributed by atoms with Crippen molar-refractivity contribution in [2.24, 2.45) is 0 Å². The number of nitrogens with zero attached hydrogens (tertiary/aromatic N) is 3. The number of piperazine rings is 1. The molecule has 0 aliphatic carbocycles. The van der Waals surface area contributed by atoms with E-state index in [0.29, 0.717) is 12.0 Å². The predicted octanol–water partition coefficient (Wildman–Crippen LogP) is 2.76. The number of sulfone groups is 1. The number of hydrogen-bond acceptors (Lipinski definition) is 7. The van der Waals surface area contributed by atoms with Gasteiger partial charge < -0.3 is 10.0 Å². The molecule has 1 unspecified atom stereocenters. The van der Waals surface area contributed by atoms with E-state index in [1.807, 2.05) is 6.07 Å². The molecular formula is C25H37N3O5S2. The van der Waals surface area contributed by atoms with E-state index in [-0.39, 0.29) is 9.79 Å². The summed E-state index contributed by atoms with van der Waals surface area (Å²) in [5, 5.41) is 10.7. The topological polar surface area (TPSA) is 98.2 Å². The molecule has 0 aromatic heterocycles. The maximum atomic E-state index is 12.7. The summed E-state index contributed by atoms with van der Waals surface area (Å²) in [5.74, 6) is 0.